The fourth-order valence-corrected chi connectivity index (χ4v) is 5.19. The second kappa shape index (κ2) is 9.84. The largest absolute Gasteiger partial charge is 0.496 e. The average molecular weight is 467 g/mol. The lowest BCUT2D eigenvalue weighted by atomic mass is 10.1. The molecule has 0 N–H and O–H groups in total. The number of carbonyl (C=O) groups is 1. The summed E-state index contributed by atoms with van der Waals surface area (Å²) in [4.78, 5) is 21.4. The van der Waals surface area contributed by atoms with E-state index in [4.69, 9.17) is 16.3 Å². The molecule has 2 aromatic rings. The number of hydrogen-bond donors (Lipinski definition) is 0. The van der Waals surface area contributed by atoms with Gasteiger partial charge in [-0.2, -0.15) is 4.31 Å². The Morgan fingerprint density at radius 1 is 1.13 bits per heavy atom. The summed E-state index contributed by atoms with van der Waals surface area (Å²) in [6, 6.07) is 8.07. The van der Waals surface area contributed by atoms with Crippen LogP contribution in [0.1, 0.15) is 24.2 Å². The lowest BCUT2D eigenvalue weighted by molar-refractivity contribution is 0.0743. The number of hydrogen-bond acceptors (Lipinski definition) is 6. The van der Waals surface area contributed by atoms with Gasteiger partial charge < -0.3 is 14.5 Å². The number of aromatic nitrogens is 1. The van der Waals surface area contributed by atoms with Gasteiger partial charge in [0.2, 0.25) is 10.0 Å². The highest BCUT2D eigenvalue weighted by atomic mass is 35.5. The number of sulfonamides is 1. The van der Waals surface area contributed by atoms with E-state index in [1.807, 2.05) is 6.07 Å². The number of piperazine rings is 1. The van der Waals surface area contributed by atoms with E-state index in [2.05, 4.69) is 9.88 Å². The van der Waals surface area contributed by atoms with Crippen LogP contribution in [0, 0.1) is 0 Å². The van der Waals surface area contributed by atoms with E-state index in [0.717, 1.165) is 5.82 Å². The average Bonchev–Trinajstić information content (AvgIpc) is 2.79. The maximum atomic E-state index is 13.2. The van der Waals surface area contributed by atoms with Crippen LogP contribution in [0.25, 0.3) is 0 Å². The minimum absolute atomic E-state index is 0.0874. The molecule has 0 aliphatic carbocycles. The molecule has 1 aliphatic rings. The molecular weight excluding hydrogens is 440 g/mol. The third kappa shape index (κ3) is 4.94. The van der Waals surface area contributed by atoms with Crippen molar-refractivity contribution in [3.63, 3.8) is 0 Å². The summed E-state index contributed by atoms with van der Waals surface area (Å²) in [6.45, 7) is 6.47. The van der Waals surface area contributed by atoms with Crippen molar-refractivity contribution in [3.05, 3.63) is 47.1 Å². The van der Waals surface area contributed by atoms with Crippen LogP contribution in [-0.4, -0.2) is 74.9 Å². The van der Waals surface area contributed by atoms with Crippen molar-refractivity contribution in [1.29, 1.82) is 0 Å². The Labute approximate surface area is 188 Å². The topological polar surface area (TPSA) is 83.0 Å². The number of benzene rings is 1. The van der Waals surface area contributed by atoms with Gasteiger partial charge in [0.1, 0.15) is 11.6 Å². The van der Waals surface area contributed by atoms with Gasteiger partial charge in [0.05, 0.1) is 22.6 Å². The zero-order valence-electron chi connectivity index (χ0n) is 17.9. The number of nitrogens with zero attached hydrogens (tertiary/aromatic N) is 4. The van der Waals surface area contributed by atoms with Crippen LogP contribution >= 0.6 is 11.6 Å². The molecular formula is C21H27ClN4O4S. The monoisotopic (exact) mass is 466 g/mol. The van der Waals surface area contributed by atoms with Crippen LogP contribution in [0.5, 0.6) is 5.75 Å². The van der Waals surface area contributed by atoms with Crippen molar-refractivity contribution >= 4 is 33.3 Å². The molecule has 168 valence electrons. The van der Waals surface area contributed by atoms with Gasteiger partial charge in [-0.3, -0.25) is 4.79 Å². The fourth-order valence-electron chi connectivity index (χ4n) is 3.59. The van der Waals surface area contributed by atoms with Crippen molar-refractivity contribution in [2.75, 3.05) is 51.3 Å². The molecule has 1 aromatic carbocycles. The number of pyridine rings is 1. The molecule has 10 heteroatoms. The van der Waals surface area contributed by atoms with Crippen molar-refractivity contribution < 1.29 is 17.9 Å². The number of amides is 1. The molecule has 3 rings (SSSR count). The minimum atomic E-state index is -3.68. The van der Waals surface area contributed by atoms with E-state index in [-0.39, 0.29) is 16.4 Å². The highest BCUT2D eigenvalue weighted by Gasteiger charge is 2.28. The lowest BCUT2D eigenvalue weighted by Crippen LogP contribution is -2.49. The van der Waals surface area contributed by atoms with Crippen LogP contribution < -0.4 is 9.64 Å². The molecule has 8 nitrogen and oxygen atoms in total. The van der Waals surface area contributed by atoms with Crippen molar-refractivity contribution in [2.45, 2.75) is 18.7 Å². The summed E-state index contributed by atoms with van der Waals surface area (Å²) in [7, 11) is -2.21. The number of ether oxygens (including phenoxy) is 1. The predicted molar refractivity (Wildman–Crippen MR) is 120 cm³/mol. The third-order valence-electron chi connectivity index (χ3n) is 5.35. The molecule has 2 heterocycles. The van der Waals surface area contributed by atoms with Gasteiger partial charge >= 0.3 is 0 Å². The van der Waals surface area contributed by atoms with Crippen LogP contribution in [0.2, 0.25) is 5.02 Å². The van der Waals surface area contributed by atoms with Crippen molar-refractivity contribution in [2.24, 2.45) is 0 Å². The summed E-state index contributed by atoms with van der Waals surface area (Å²) in [5.74, 6) is 0.906. The van der Waals surface area contributed by atoms with Gasteiger partial charge in [-0.25, -0.2) is 13.4 Å². The maximum Gasteiger partial charge on any atom is 0.257 e. The second-order valence-electron chi connectivity index (χ2n) is 7.07. The Hall–Kier alpha value is -2.36. The smallest absolute Gasteiger partial charge is 0.257 e. The molecule has 0 spiro atoms. The van der Waals surface area contributed by atoms with Gasteiger partial charge in [0.15, 0.2) is 0 Å². The van der Waals surface area contributed by atoms with Crippen LogP contribution in [-0.2, 0) is 10.0 Å². The van der Waals surface area contributed by atoms with Gasteiger partial charge in [-0.1, -0.05) is 25.4 Å². The van der Waals surface area contributed by atoms with E-state index in [0.29, 0.717) is 50.0 Å². The lowest BCUT2D eigenvalue weighted by Gasteiger charge is -2.35. The highest BCUT2D eigenvalue weighted by molar-refractivity contribution is 7.89. The number of methoxy groups -OCH3 is 1. The third-order valence-corrected chi connectivity index (χ3v) is 7.62. The highest BCUT2D eigenvalue weighted by Crippen LogP contribution is 2.26. The quantitative estimate of drug-likeness (QED) is 0.624. The summed E-state index contributed by atoms with van der Waals surface area (Å²) in [5, 5.41) is 0.573. The Balaban J connectivity index is 1.80. The van der Waals surface area contributed by atoms with Gasteiger partial charge in [0, 0.05) is 45.5 Å². The first kappa shape index (κ1) is 23.3. The molecule has 0 radical (unpaired) electrons. The normalized spacial score (nSPS) is 14.7. The van der Waals surface area contributed by atoms with Crippen molar-refractivity contribution in [3.8, 4) is 5.75 Å². The Kier molecular flexibility index (Phi) is 7.40. The summed E-state index contributed by atoms with van der Waals surface area (Å²) in [6.07, 6.45) is 1.60. The Morgan fingerprint density at radius 3 is 2.35 bits per heavy atom. The first-order valence-electron chi connectivity index (χ1n) is 10.2. The molecule has 0 bridgehead atoms. The van der Waals surface area contributed by atoms with Crippen molar-refractivity contribution in [1.82, 2.24) is 14.2 Å². The number of rotatable bonds is 7. The number of halogens is 1. The summed E-state index contributed by atoms with van der Waals surface area (Å²) < 4.78 is 32.5. The SMILES string of the molecule is CCN(CC)S(=O)(=O)c1ccc(OC)c(C(=O)N2CCN(c3ccc(Cl)cn3)CC2)c1. The number of carbonyl (C=O) groups excluding carboxylic acids is 1. The molecule has 1 aromatic heterocycles. The zero-order chi connectivity index (χ0) is 22.6. The van der Waals surface area contributed by atoms with Crippen LogP contribution in [0.4, 0.5) is 5.82 Å². The minimum Gasteiger partial charge on any atom is -0.496 e. The standard InChI is InChI=1S/C21H27ClN4O4S/c1-4-26(5-2)31(28,29)17-7-8-19(30-3)18(14-17)21(27)25-12-10-24(11-13-25)20-9-6-16(22)15-23-20/h6-9,14-15H,4-5,10-13H2,1-3H3. The van der Waals surface area contributed by atoms with E-state index in [9.17, 15) is 13.2 Å². The molecule has 1 amide bonds. The van der Waals surface area contributed by atoms with Gasteiger partial charge in [-0.05, 0) is 30.3 Å². The molecule has 1 saturated heterocycles. The Bertz CT molecular complexity index is 1020. The van der Waals surface area contributed by atoms with Gasteiger partial charge in [-0.15, -0.1) is 0 Å². The maximum absolute atomic E-state index is 13.2. The van der Waals surface area contributed by atoms with Gasteiger partial charge in [0.25, 0.3) is 5.91 Å². The zero-order valence-corrected chi connectivity index (χ0v) is 19.5. The molecule has 1 aliphatic heterocycles. The second-order valence-corrected chi connectivity index (χ2v) is 9.44. The van der Waals surface area contributed by atoms with E-state index in [1.165, 1.54) is 29.6 Å². The Morgan fingerprint density at radius 2 is 1.81 bits per heavy atom. The fraction of sp³-hybridized carbons (Fsp3) is 0.429. The first-order valence-corrected chi connectivity index (χ1v) is 12.0. The molecule has 0 unspecified atom stereocenters. The predicted octanol–water partition coefficient (Wildman–Crippen LogP) is 2.74. The van der Waals surface area contributed by atoms with Crippen LogP contribution in [0.3, 0.4) is 0 Å². The van der Waals surface area contributed by atoms with E-state index >= 15 is 0 Å². The molecule has 31 heavy (non-hydrogen) atoms. The van der Waals surface area contributed by atoms with E-state index < -0.39 is 10.0 Å². The molecule has 0 saturated carbocycles. The first-order chi connectivity index (χ1) is 14.8. The summed E-state index contributed by atoms with van der Waals surface area (Å²) >= 11 is 5.90. The molecule has 1 fully saturated rings. The summed E-state index contributed by atoms with van der Waals surface area (Å²) in [5.41, 5.74) is 0.244. The number of anilines is 1. The molecule has 0 atom stereocenters. The van der Waals surface area contributed by atoms with E-state index in [1.54, 1.807) is 31.0 Å². The van der Waals surface area contributed by atoms with Crippen LogP contribution in [0.15, 0.2) is 41.4 Å².